The van der Waals surface area contributed by atoms with Crippen LogP contribution in [0.5, 0.6) is 0 Å². The molecule has 100 valence electrons. The van der Waals surface area contributed by atoms with Crippen molar-refractivity contribution in [3.05, 3.63) is 52.3 Å². The lowest BCUT2D eigenvalue weighted by atomic mass is 9.73. The van der Waals surface area contributed by atoms with E-state index in [2.05, 4.69) is 27.6 Å². The van der Waals surface area contributed by atoms with Gasteiger partial charge < -0.3 is 5.32 Å². The van der Waals surface area contributed by atoms with Crippen LogP contribution in [0.2, 0.25) is 0 Å². The molecule has 0 bridgehead atoms. The van der Waals surface area contributed by atoms with Crippen molar-refractivity contribution < 1.29 is 4.52 Å². The maximum Gasteiger partial charge on any atom is 0.438 e. The van der Waals surface area contributed by atoms with Crippen molar-refractivity contribution in [2.75, 3.05) is 13.1 Å². The van der Waals surface area contributed by atoms with E-state index in [-0.39, 0.29) is 5.41 Å². The molecule has 0 spiro atoms. The zero-order valence-corrected chi connectivity index (χ0v) is 10.7. The molecule has 3 rings (SSSR count). The third kappa shape index (κ3) is 2.46. The van der Waals surface area contributed by atoms with Crippen LogP contribution in [0.4, 0.5) is 0 Å². The van der Waals surface area contributed by atoms with E-state index in [1.807, 2.05) is 18.2 Å². The van der Waals surface area contributed by atoms with Gasteiger partial charge in [-0.15, -0.1) is 0 Å². The van der Waals surface area contributed by atoms with Gasteiger partial charge in [0.2, 0.25) is 0 Å². The number of H-pyrrole nitrogens is 1. The fourth-order valence-corrected chi connectivity index (χ4v) is 2.85. The van der Waals surface area contributed by atoms with Crippen LogP contribution < -0.4 is 11.1 Å². The summed E-state index contributed by atoms with van der Waals surface area (Å²) in [6.45, 7) is 1.86. The lowest BCUT2D eigenvalue weighted by Crippen LogP contribution is -2.42. The molecule has 0 amide bonds. The minimum Gasteiger partial charge on any atom is -0.317 e. The molecular formula is C14H17N3O2. The Hall–Kier alpha value is -1.88. The number of nitrogens with one attached hydrogen (secondary N) is 2. The van der Waals surface area contributed by atoms with Crippen LogP contribution in [-0.4, -0.2) is 23.2 Å². The maximum atomic E-state index is 11.2. The van der Waals surface area contributed by atoms with E-state index in [1.54, 1.807) is 0 Å². The van der Waals surface area contributed by atoms with Crippen molar-refractivity contribution in [1.29, 1.82) is 0 Å². The summed E-state index contributed by atoms with van der Waals surface area (Å²) < 4.78 is 4.70. The van der Waals surface area contributed by atoms with Gasteiger partial charge in [0.15, 0.2) is 5.82 Å². The predicted molar refractivity (Wildman–Crippen MR) is 71.1 cm³/mol. The normalized spacial score (nSPS) is 18.3. The van der Waals surface area contributed by atoms with Gasteiger partial charge in [-0.25, -0.2) is 4.79 Å². The van der Waals surface area contributed by atoms with Crippen LogP contribution in [0.25, 0.3) is 0 Å². The highest BCUT2D eigenvalue weighted by atomic mass is 16.5. The van der Waals surface area contributed by atoms with Gasteiger partial charge in [-0.3, -0.25) is 9.51 Å². The zero-order valence-electron chi connectivity index (χ0n) is 10.7. The molecule has 0 saturated carbocycles. The Labute approximate surface area is 111 Å². The number of rotatable bonds is 3. The molecule has 2 heterocycles. The second-order valence-corrected chi connectivity index (χ2v) is 5.14. The molecule has 0 aliphatic carbocycles. The lowest BCUT2D eigenvalue weighted by molar-refractivity contribution is 0.275. The van der Waals surface area contributed by atoms with Crippen molar-refractivity contribution in [2.24, 2.45) is 0 Å². The third-order valence-corrected chi connectivity index (χ3v) is 3.89. The molecule has 0 atom stereocenters. The molecule has 0 unspecified atom stereocenters. The molecule has 0 radical (unpaired) electrons. The van der Waals surface area contributed by atoms with Gasteiger partial charge in [-0.1, -0.05) is 35.5 Å². The monoisotopic (exact) mass is 259 g/mol. The molecule has 5 nitrogen and oxygen atoms in total. The standard InChI is InChI=1S/C14H17N3O2/c18-13-16-12(17-19-13)14(6-8-15-9-7-14)10-11-4-2-1-3-5-11/h1-5,15H,6-10H2,(H,16,17,18). The lowest BCUT2D eigenvalue weighted by Gasteiger charge is -2.35. The summed E-state index contributed by atoms with van der Waals surface area (Å²) in [6, 6.07) is 10.3. The number of nitrogens with zero attached hydrogens (tertiary/aromatic N) is 1. The molecule has 19 heavy (non-hydrogen) atoms. The molecular weight excluding hydrogens is 242 g/mol. The first-order valence-electron chi connectivity index (χ1n) is 6.60. The third-order valence-electron chi connectivity index (χ3n) is 3.89. The summed E-state index contributed by atoms with van der Waals surface area (Å²) in [5.74, 6) is 0.212. The summed E-state index contributed by atoms with van der Waals surface area (Å²) in [5.41, 5.74) is 1.13. The molecule has 1 fully saturated rings. The van der Waals surface area contributed by atoms with Gasteiger partial charge >= 0.3 is 5.76 Å². The average Bonchev–Trinajstić information content (AvgIpc) is 2.88. The second-order valence-electron chi connectivity index (χ2n) is 5.14. The number of aromatic nitrogens is 2. The van der Waals surface area contributed by atoms with Gasteiger partial charge in [-0.05, 0) is 37.9 Å². The Morgan fingerprint density at radius 2 is 1.95 bits per heavy atom. The van der Waals surface area contributed by atoms with E-state index in [0.717, 1.165) is 32.4 Å². The minimum absolute atomic E-state index is 0.126. The average molecular weight is 259 g/mol. The van der Waals surface area contributed by atoms with Gasteiger partial charge in [-0.2, -0.15) is 0 Å². The van der Waals surface area contributed by atoms with Gasteiger partial charge in [0.25, 0.3) is 0 Å². The number of hydrogen-bond acceptors (Lipinski definition) is 4. The molecule has 2 N–H and O–H groups in total. The zero-order chi connectivity index (χ0) is 13.1. The van der Waals surface area contributed by atoms with E-state index in [9.17, 15) is 4.79 Å². The van der Waals surface area contributed by atoms with Gasteiger partial charge in [0.05, 0.1) is 0 Å². The van der Waals surface area contributed by atoms with Gasteiger partial charge in [0.1, 0.15) is 0 Å². The fourth-order valence-electron chi connectivity index (χ4n) is 2.85. The van der Waals surface area contributed by atoms with E-state index in [4.69, 9.17) is 4.52 Å². The van der Waals surface area contributed by atoms with E-state index in [1.165, 1.54) is 5.56 Å². The van der Waals surface area contributed by atoms with Crippen molar-refractivity contribution in [2.45, 2.75) is 24.7 Å². The first kappa shape index (κ1) is 12.2. The molecule has 1 saturated heterocycles. The molecule has 1 aromatic heterocycles. The number of aromatic amines is 1. The Bertz CT molecular complexity index is 582. The highest BCUT2D eigenvalue weighted by Crippen LogP contribution is 2.34. The van der Waals surface area contributed by atoms with Crippen LogP contribution in [-0.2, 0) is 11.8 Å². The van der Waals surface area contributed by atoms with E-state index in [0.29, 0.717) is 5.82 Å². The molecule has 1 aliphatic heterocycles. The number of hydrogen-bond donors (Lipinski definition) is 2. The van der Waals surface area contributed by atoms with Crippen molar-refractivity contribution in [3.63, 3.8) is 0 Å². The Balaban J connectivity index is 1.95. The van der Waals surface area contributed by atoms with Gasteiger partial charge in [0, 0.05) is 5.41 Å². The quantitative estimate of drug-likeness (QED) is 0.869. The van der Waals surface area contributed by atoms with Crippen molar-refractivity contribution in [1.82, 2.24) is 15.5 Å². The Morgan fingerprint density at radius 3 is 2.58 bits per heavy atom. The highest BCUT2D eigenvalue weighted by molar-refractivity contribution is 5.22. The van der Waals surface area contributed by atoms with Crippen LogP contribution in [0.3, 0.4) is 0 Å². The van der Waals surface area contributed by atoms with E-state index >= 15 is 0 Å². The number of benzene rings is 1. The topological polar surface area (TPSA) is 70.9 Å². The Morgan fingerprint density at radius 1 is 1.21 bits per heavy atom. The fraction of sp³-hybridized carbons (Fsp3) is 0.429. The summed E-state index contributed by atoms with van der Waals surface area (Å²) in [5, 5.41) is 7.29. The summed E-state index contributed by atoms with van der Waals surface area (Å²) in [6.07, 6.45) is 2.77. The predicted octanol–water partition coefficient (Wildman–Crippen LogP) is 1.23. The maximum absolute atomic E-state index is 11.2. The Kier molecular flexibility index (Phi) is 3.21. The second kappa shape index (κ2) is 5.01. The van der Waals surface area contributed by atoms with Crippen molar-refractivity contribution in [3.8, 4) is 0 Å². The van der Waals surface area contributed by atoms with Crippen LogP contribution >= 0.6 is 0 Å². The summed E-state index contributed by atoms with van der Waals surface area (Å²) in [4.78, 5) is 14.0. The van der Waals surface area contributed by atoms with Crippen LogP contribution in [0, 0.1) is 0 Å². The largest absolute Gasteiger partial charge is 0.438 e. The minimum atomic E-state index is -0.471. The summed E-state index contributed by atoms with van der Waals surface area (Å²) in [7, 11) is 0. The highest BCUT2D eigenvalue weighted by Gasteiger charge is 2.37. The van der Waals surface area contributed by atoms with Crippen LogP contribution in [0.1, 0.15) is 24.2 Å². The summed E-state index contributed by atoms with van der Waals surface area (Å²) >= 11 is 0. The SMILES string of the molecule is O=c1[nH]c(C2(Cc3ccccc3)CCNCC2)no1. The molecule has 2 aromatic rings. The van der Waals surface area contributed by atoms with Crippen molar-refractivity contribution >= 4 is 0 Å². The first-order valence-corrected chi connectivity index (χ1v) is 6.60. The molecule has 1 aliphatic rings. The number of piperidine rings is 1. The molecule has 5 heteroatoms. The molecule has 1 aromatic carbocycles. The van der Waals surface area contributed by atoms with E-state index < -0.39 is 5.76 Å². The smallest absolute Gasteiger partial charge is 0.317 e. The first-order chi connectivity index (χ1) is 9.28. The van der Waals surface area contributed by atoms with Crippen LogP contribution in [0.15, 0.2) is 39.6 Å².